The zero-order chi connectivity index (χ0) is 13.0. The molecule has 1 N–H and O–H groups in total. The third kappa shape index (κ3) is 3.55. The first-order chi connectivity index (χ1) is 8.54. The van der Waals surface area contributed by atoms with Gasteiger partial charge in [0.2, 0.25) is 0 Å². The highest BCUT2D eigenvalue weighted by molar-refractivity contribution is 5.62. The van der Waals surface area contributed by atoms with Gasteiger partial charge in [0.15, 0.2) is 5.82 Å². The van der Waals surface area contributed by atoms with Crippen molar-refractivity contribution < 1.29 is 0 Å². The van der Waals surface area contributed by atoms with Gasteiger partial charge in [-0.05, 0) is 16.6 Å². The van der Waals surface area contributed by atoms with Crippen molar-refractivity contribution in [3.8, 4) is 0 Å². The summed E-state index contributed by atoms with van der Waals surface area (Å²) >= 11 is 0. The second-order valence-electron chi connectivity index (χ2n) is 5.53. The Morgan fingerprint density at radius 2 is 1.94 bits per heavy atom. The maximum atomic E-state index is 4.26. The first-order valence-electron chi connectivity index (χ1n) is 6.16. The Hall–Kier alpha value is -1.90. The minimum Gasteiger partial charge on any atom is -0.260 e. The highest BCUT2D eigenvalue weighted by atomic mass is 15.2. The van der Waals surface area contributed by atoms with Crippen molar-refractivity contribution >= 4 is 5.57 Å². The third-order valence-corrected chi connectivity index (χ3v) is 2.56. The molecule has 0 bridgehead atoms. The van der Waals surface area contributed by atoms with Gasteiger partial charge in [0, 0.05) is 6.42 Å². The molecule has 0 aliphatic carbocycles. The maximum absolute atomic E-state index is 4.26. The maximum Gasteiger partial charge on any atom is 0.151 e. The normalized spacial score (nSPS) is 12.7. The van der Waals surface area contributed by atoms with Crippen LogP contribution < -0.4 is 0 Å². The number of H-pyrrole nitrogens is 1. The van der Waals surface area contributed by atoms with E-state index in [1.165, 1.54) is 11.1 Å². The van der Waals surface area contributed by atoms with Gasteiger partial charge in [-0.15, -0.1) is 0 Å². The SMILES string of the molecule is CC(C)(C)C=C(Cc1ccccc1)c1ncn[nH]1. The molecule has 0 saturated heterocycles. The number of benzene rings is 1. The van der Waals surface area contributed by atoms with Crippen molar-refractivity contribution in [2.75, 3.05) is 0 Å². The summed E-state index contributed by atoms with van der Waals surface area (Å²) in [4.78, 5) is 4.26. The molecule has 0 radical (unpaired) electrons. The molecule has 0 atom stereocenters. The minimum atomic E-state index is 0.122. The zero-order valence-electron chi connectivity index (χ0n) is 11.1. The van der Waals surface area contributed by atoms with Crippen molar-refractivity contribution in [3.05, 3.63) is 54.1 Å². The zero-order valence-corrected chi connectivity index (χ0v) is 11.1. The molecule has 18 heavy (non-hydrogen) atoms. The van der Waals surface area contributed by atoms with Crippen molar-refractivity contribution in [2.24, 2.45) is 5.41 Å². The van der Waals surface area contributed by atoms with Gasteiger partial charge in [-0.25, -0.2) is 4.98 Å². The van der Waals surface area contributed by atoms with Gasteiger partial charge >= 0.3 is 0 Å². The number of aromatic nitrogens is 3. The highest BCUT2D eigenvalue weighted by Gasteiger charge is 2.12. The van der Waals surface area contributed by atoms with E-state index in [0.29, 0.717) is 0 Å². The Labute approximate surface area is 108 Å². The predicted molar refractivity (Wildman–Crippen MR) is 74.0 cm³/mol. The lowest BCUT2D eigenvalue weighted by molar-refractivity contribution is 0.544. The van der Waals surface area contributed by atoms with Gasteiger partial charge in [-0.2, -0.15) is 5.10 Å². The van der Waals surface area contributed by atoms with Crippen molar-refractivity contribution in [1.29, 1.82) is 0 Å². The first kappa shape index (κ1) is 12.6. The van der Waals surface area contributed by atoms with E-state index in [9.17, 15) is 0 Å². The monoisotopic (exact) mass is 241 g/mol. The van der Waals surface area contributed by atoms with Crippen molar-refractivity contribution in [1.82, 2.24) is 15.2 Å². The van der Waals surface area contributed by atoms with Gasteiger partial charge in [0.25, 0.3) is 0 Å². The average Bonchev–Trinajstić information content (AvgIpc) is 2.81. The van der Waals surface area contributed by atoms with Crippen molar-refractivity contribution in [3.63, 3.8) is 0 Å². The standard InChI is InChI=1S/C15H19N3/c1-15(2,3)10-13(14-16-11-17-18-14)9-12-7-5-4-6-8-12/h4-8,10-11H,9H2,1-3H3,(H,16,17,18). The van der Waals surface area contributed by atoms with E-state index < -0.39 is 0 Å². The number of nitrogens with zero attached hydrogens (tertiary/aromatic N) is 2. The molecule has 2 aromatic rings. The van der Waals surface area contributed by atoms with E-state index in [1.54, 1.807) is 6.33 Å². The van der Waals surface area contributed by atoms with Crippen molar-refractivity contribution in [2.45, 2.75) is 27.2 Å². The predicted octanol–water partition coefficient (Wildman–Crippen LogP) is 3.48. The summed E-state index contributed by atoms with van der Waals surface area (Å²) in [6.45, 7) is 6.57. The van der Waals surface area contributed by atoms with E-state index in [0.717, 1.165) is 12.2 Å². The first-order valence-corrected chi connectivity index (χ1v) is 6.16. The summed E-state index contributed by atoms with van der Waals surface area (Å²) in [5.74, 6) is 0.855. The summed E-state index contributed by atoms with van der Waals surface area (Å²) in [7, 11) is 0. The molecule has 0 aliphatic rings. The van der Waals surface area contributed by atoms with Crippen LogP contribution in [0.15, 0.2) is 42.7 Å². The molecule has 1 aromatic carbocycles. The quantitative estimate of drug-likeness (QED) is 0.893. The molecule has 0 fully saturated rings. The lowest BCUT2D eigenvalue weighted by Crippen LogP contribution is -2.04. The Morgan fingerprint density at radius 1 is 1.22 bits per heavy atom. The van der Waals surface area contributed by atoms with Crippen LogP contribution in [0.3, 0.4) is 0 Å². The van der Waals surface area contributed by atoms with Crippen LogP contribution in [0.5, 0.6) is 0 Å². The molecule has 3 nitrogen and oxygen atoms in total. The van der Waals surface area contributed by atoms with Crippen LogP contribution in [0.4, 0.5) is 0 Å². The van der Waals surface area contributed by atoms with Gasteiger partial charge < -0.3 is 0 Å². The topological polar surface area (TPSA) is 41.6 Å². The van der Waals surface area contributed by atoms with Crippen LogP contribution in [-0.2, 0) is 6.42 Å². The molecule has 1 aromatic heterocycles. The van der Waals surface area contributed by atoms with Gasteiger partial charge in [0.1, 0.15) is 6.33 Å². The molecular formula is C15H19N3. The number of aromatic amines is 1. The molecule has 0 amide bonds. The number of hydrogen-bond donors (Lipinski definition) is 1. The Bertz CT molecular complexity index is 504. The average molecular weight is 241 g/mol. The fraction of sp³-hybridized carbons (Fsp3) is 0.333. The summed E-state index contributed by atoms with van der Waals surface area (Å²) in [6.07, 6.45) is 4.67. The molecular weight excluding hydrogens is 222 g/mol. The molecule has 94 valence electrons. The van der Waals surface area contributed by atoms with E-state index >= 15 is 0 Å². The molecule has 2 rings (SSSR count). The van der Waals surface area contributed by atoms with Crippen LogP contribution in [0.2, 0.25) is 0 Å². The van der Waals surface area contributed by atoms with Gasteiger partial charge in [-0.1, -0.05) is 57.2 Å². The summed E-state index contributed by atoms with van der Waals surface area (Å²) in [5.41, 5.74) is 2.59. The third-order valence-electron chi connectivity index (χ3n) is 2.56. The van der Waals surface area contributed by atoms with E-state index in [-0.39, 0.29) is 5.41 Å². The molecule has 0 unspecified atom stereocenters. The van der Waals surface area contributed by atoms with Crippen LogP contribution >= 0.6 is 0 Å². The fourth-order valence-electron chi connectivity index (χ4n) is 1.90. The molecule has 0 spiro atoms. The fourth-order valence-corrected chi connectivity index (χ4v) is 1.90. The molecule has 3 heteroatoms. The van der Waals surface area contributed by atoms with Crippen LogP contribution in [-0.4, -0.2) is 15.2 Å². The van der Waals surface area contributed by atoms with E-state index in [1.807, 2.05) is 6.07 Å². The summed E-state index contributed by atoms with van der Waals surface area (Å²) in [5, 5.41) is 6.89. The lowest BCUT2D eigenvalue weighted by Gasteiger charge is -2.15. The van der Waals surface area contributed by atoms with Crippen LogP contribution in [0.25, 0.3) is 5.57 Å². The Kier molecular flexibility index (Phi) is 3.60. The summed E-state index contributed by atoms with van der Waals surface area (Å²) < 4.78 is 0. The van der Waals surface area contributed by atoms with Crippen LogP contribution in [0, 0.1) is 5.41 Å². The molecule has 0 saturated carbocycles. The Balaban J connectivity index is 2.30. The number of hydrogen-bond acceptors (Lipinski definition) is 2. The highest BCUT2D eigenvalue weighted by Crippen LogP contribution is 2.24. The van der Waals surface area contributed by atoms with E-state index in [2.05, 4.69) is 66.3 Å². The largest absolute Gasteiger partial charge is 0.260 e. The van der Waals surface area contributed by atoms with Gasteiger partial charge in [-0.3, -0.25) is 5.10 Å². The second-order valence-corrected chi connectivity index (χ2v) is 5.53. The molecule has 0 aliphatic heterocycles. The number of nitrogens with one attached hydrogen (secondary N) is 1. The van der Waals surface area contributed by atoms with Gasteiger partial charge in [0.05, 0.1) is 0 Å². The molecule has 1 heterocycles. The number of rotatable bonds is 3. The Morgan fingerprint density at radius 3 is 2.50 bits per heavy atom. The summed E-state index contributed by atoms with van der Waals surface area (Å²) in [6, 6.07) is 10.4. The smallest absolute Gasteiger partial charge is 0.151 e. The number of allylic oxidation sites excluding steroid dienone is 2. The second kappa shape index (κ2) is 5.17. The van der Waals surface area contributed by atoms with E-state index in [4.69, 9.17) is 0 Å². The van der Waals surface area contributed by atoms with Crippen LogP contribution in [0.1, 0.15) is 32.2 Å². The lowest BCUT2D eigenvalue weighted by atomic mass is 9.91. The minimum absolute atomic E-state index is 0.122.